The van der Waals surface area contributed by atoms with E-state index in [1.54, 1.807) is 37.4 Å². The second-order valence-electron chi connectivity index (χ2n) is 6.74. The van der Waals surface area contributed by atoms with Crippen molar-refractivity contribution < 1.29 is 17.9 Å². The van der Waals surface area contributed by atoms with Crippen molar-refractivity contribution in [3.05, 3.63) is 77.4 Å². The van der Waals surface area contributed by atoms with Gasteiger partial charge in [0.2, 0.25) is 10.0 Å². The molecule has 0 spiro atoms. The van der Waals surface area contributed by atoms with Crippen LogP contribution in [0.15, 0.2) is 60.7 Å². The number of rotatable bonds is 4. The molecule has 0 amide bonds. The zero-order chi connectivity index (χ0) is 20.6. The third-order valence-corrected chi connectivity index (χ3v) is 5.28. The van der Waals surface area contributed by atoms with Gasteiger partial charge >= 0.3 is 0 Å². The summed E-state index contributed by atoms with van der Waals surface area (Å²) in [6.07, 6.45) is 0.606. The summed E-state index contributed by atoms with van der Waals surface area (Å²) >= 11 is 0. The average molecular weight is 406 g/mol. The van der Waals surface area contributed by atoms with E-state index in [4.69, 9.17) is 9.47 Å². The number of nitrogens with zero attached hydrogens (tertiary/aromatic N) is 1. The van der Waals surface area contributed by atoms with Gasteiger partial charge in [-0.15, -0.1) is 0 Å². The van der Waals surface area contributed by atoms with E-state index in [-0.39, 0.29) is 0 Å². The van der Waals surface area contributed by atoms with E-state index in [9.17, 15) is 13.7 Å². The van der Waals surface area contributed by atoms with Crippen molar-refractivity contribution in [2.24, 2.45) is 0 Å². The first kappa shape index (κ1) is 18.8. The largest absolute Gasteiger partial charge is 0.496 e. The lowest BCUT2D eigenvalue weighted by Gasteiger charge is -2.30. The number of hydrogen-bond donors (Lipinski definition) is 1. The Balaban J connectivity index is 1.94. The van der Waals surface area contributed by atoms with E-state index in [0.717, 1.165) is 28.5 Å². The maximum absolute atomic E-state index is 11.7. The van der Waals surface area contributed by atoms with E-state index in [1.165, 1.54) is 0 Å². The summed E-state index contributed by atoms with van der Waals surface area (Å²) in [6.45, 7) is 0. The van der Waals surface area contributed by atoms with Crippen molar-refractivity contribution in [3.8, 4) is 28.7 Å². The van der Waals surface area contributed by atoms with Crippen LogP contribution in [0.2, 0.25) is 0 Å². The van der Waals surface area contributed by atoms with Crippen LogP contribution in [0.4, 0.5) is 5.69 Å². The number of nitrogens with one attached hydrogen (secondary N) is 1. The van der Waals surface area contributed by atoms with Crippen LogP contribution in [0.3, 0.4) is 0 Å². The van der Waals surface area contributed by atoms with E-state index < -0.39 is 16.1 Å². The van der Waals surface area contributed by atoms with Gasteiger partial charge < -0.3 is 9.47 Å². The number of fused-ring (bicyclic) bond motifs is 3. The molecule has 3 aromatic rings. The molecule has 6 nitrogen and oxygen atoms in total. The number of anilines is 1. The zero-order valence-electron chi connectivity index (χ0n) is 15.8. The highest BCUT2D eigenvalue weighted by molar-refractivity contribution is 7.92. The SMILES string of the molecule is COc1cccc2c1-c1ccc(NS(C)(=O)=O)cc1C(c1cccc(C#N)c1)O2. The molecule has 1 aliphatic rings. The zero-order valence-corrected chi connectivity index (χ0v) is 16.7. The predicted molar refractivity (Wildman–Crippen MR) is 111 cm³/mol. The molecule has 1 aliphatic heterocycles. The Hall–Kier alpha value is -3.50. The van der Waals surface area contributed by atoms with Gasteiger partial charge in [0, 0.05) is 11.3 Å². The average Bonchev–Trinajstić information content (AvgIpc) is 2.71. The molecule has 0 radical (unpaired) electrons. The van der Waals surface area contributed by atoms with Gasteiger partial charge in [-0.3, -0.25) is 4.72 Å². The summed E-state index contributed by atoms with van der Waals surface area (Å²) in [5.41, 5.74) is 4.24. The Morgan fingerprint density at radius 1 is 1.10 bits per heavy atom. The molecule has 0 fully saturated rings. The van der Waals surface area contributed by atoms with Crippen LogP contribution in [-0.2, 0) is 10.0 Å². The van der Waals surface area contributed by atoms with E-state index >= 15 is 0 Å². The summed E-state index contributed by atoms with van der Waals surface area (Å²) in [7, 11) is -1.83. The molecule has 0 saturated heterocycles. The summed E-state index contributed by atoms with van der Waals surface area (Å²) in [4.78, 5) is 0. The number of methoxy groups -OCH3 is 1. The van der Waals surface area contributed by atoms with Crippen molar-refractivity contribution in [1.29, 1.82) is 5.26 Å². The van der Waals surface area contributed by atoms with Gasteiger partial charge in [0.1, 0.15) is 17.6 Å². The molecule has 0 saturated carbocycles. The standard InChI is InChI=1S/C22H18N2O4S/c1-27-19-7-4-8-20-21(19)17-10-9-16(24-29(2,25)26)12-18(17)22(28-20)15-6-3-5-14(11-15)13-23/h3-12,22,24H,1-2H3. The molecule has 0 aliphatic carbocycles. The van der Waals surface area contributed by atoms with Gasteiger partial charge in [0.25, 0.3) is 0 Å². The third-order valence-electron chi connectivity index (χ3n) is 4.68. The van der Waals surface area contributed by atoms with Crippen LogP contribution in [-0.4, -0.2) is 21.8 Å². The summed E-state index contributed by atoms with van der Waals surface area (Å²) in [5, 5.41) is 9.27. The predicted octanol–water partition coefficient (Wildman–Crippen LogP) is 4.09. The van der Waals surface area contributed by atoms with Gasteiger partial charge in [-0.05, 0) is 47.5 Å². The summed E-state index contributed by atoms with van der Waals surface area (Å²) in [6, 6.07) is 20.2. The molecule has 1 unspecified atom stereocenters. The molecule has 7 heteroatoms. The highest BCUT2D eigenvalue weighted by Gasteiger charge is 2.30. The fourth-order valence-corrected chi connectivity index (χ4v) is 4.09. The van der Waals surface area contributed by atoms with Crippen molar-refractivity contribution >= 4 is 15.7 Å². The molecule has 29 heavy (non-hydrogen) atoms. The fourth-order valence-electron chi connectivity index (χ4n) is 3.54. The number of sulfonamides is 1. The van der Waals surface area contributed by atoms with Gasteiger partial charge in [0.15, 0.2) is 0 Å². The number of ether oxygens (including phenoxy) is 2. The van der Waals surface area contributed by atoms with Crippen LogP contribution in [0.5, 0.6) is 11.5 Å². The van der Waals surface area contributed by atoms with Gasteiger partial charge in [-0.25, -0.2) is 8.42 Å². The maximum atomic E-state index is 11.7. The molecule has 3 aromatic carbocycles. The van der Waals surface area contributed by atoms with Crippen molar-refractivity contribution in [2.45, 2.75) is 6.10 Å². The smallest absolute Gasteiger partial charge is 0.229 e. The lowest BCUT2D eigenvalue weighted by atomic mass is 9.88. The summed E-state index contributed by atoms with van der Waals surface area (Å²) < 4.78 is 37.7. The number of benzene rings is 3. The van der Waals surface area contributed by atoms with Crippen LogP contribution >= 0.6 is 0 Å². The molecule has 1 atom stereocenters. The Kier molecular flexibility index (Phi) is 4.65. The highest BCUT2D eigenvalue weighted by Crippen LogP contribution is 2.49. The van der Waals surface area contributed by atoms with Gasteiger partial charge in [-0.2, -0.15) is 5.26 Å². The molecule has 1 heterocycles. The Bertz CT molecular complexity index is 1250. The molecule has 0 bridgehead atoms. The minimum Gasteiger partial charge on any atom is -0.496 e. The van der Waals surface area contributed by atoms with Crippen LogP contribution in [0, 0.1) is 11.3 Å². The monoisotopic (exact) mass is 406 g/mol. The molecule has 146 valence electrons. The fraction of sp³-hybridized carbons (Fsp3) is 0.136. The van der Waals surface area contributed by atoms with Crippen LogP contribution in [0.25, 0.3) is 11.1 Å². The summed E-state index contributed by atoms with van der Waals surface area (Å²) in [5.74, 6) is 1.32. The maximum Gasteiger partial charge on any atom is 0.229 e. The molecule has 4 rings (SSSR count). The van der Waals surface area contributed by atoms with Gasteiger partial charge in [0.05, 0.1) is 30.6 Å². The number of hydrogen-bond acceptors (Lipinski definition) is 5. The first-order chi connectivity index (χ1) is 13.9. The molecular weight excluding hydrogens is 388 g/mol. The van der Waals surface area contributed by atoms with Crippen molar-refractivity contribution in [2.75, 3.05) is 18.1 Å². The second kappa shape index (κ2) is 7.15. The Labute approximate surface area is 169 Å². The topological polar surface area (TPSA) is 88.4 Å². The minimum atomic E-state index is -3.43. The van der Waals surface area contributed by atoms with E-state index in [0.29, 0.717) is 22.7 Å². The lowest BCUT2D eigenvalue weighted by Crippen LogP contribution is -2.17. The van der Waals surface area contributed by atoms with Crippen LogP contribution in [0.1, 0.15) is 22.8 Å². The quantitative estimate of drug-likeness (QED) is 0.705. The highest BCUT2D eigenvalue weighted by atomic mass is 32.2. The van der Waals surface area contributed by atoms with Gasteiger partial charge in [-0.1, -0.05) is 24.3 Å². The minimum absolute atomic E-state index is 0.439. The normalized spacial score (nSPS) is 14.7. The van der Waals surface area contributed by atoms with E-state index in [2.05, 4.69) is 10.8 Å². The lowest BCUT2D eigenvalue weighted by molar-refractivity contribution is 0.242. The third kappa shape index (κ3) is 3.62. The first-order valence-corrected chi connectivity index (χ1v) is 10.7. The molecular formula is C22H18N2O4S. The van der Waals surface area contributed by atoms with E-state index in [1.807, 2.05) is 30.3 Å². The number of nitriles is 1. The van der Waals surface area contributed by atoms with Crippen LogP contribution < -0.4 is 14.2 Å². The van der Waals surface area contributed by atoms with Crippen molar-refractivity contribution in [3.63, 3.8) is 0 Å². The van der Waals surface area contributed by atoms with Crippen molar-refractivity contribution in [1.82, 2.24) is 0 Å². The second-order valence-corrected chi connectivity index (χ2v) is 8.49. The Morgan fingerprint density at radius 3 is 2.62 bits per heavy atom. The Morgan fingerprint density at radius 2 is 1.90 bits per heavy atom. The first-order valence-electron chi connectivity index (χ1n) is 8.85. The molecule has 1 N–H and O–H groups in total. The molecule has 0 aromatic heterocycles.